The van der Waals surface area contributed by atoms with Crippen LogP contribution in [0.1, 0.15) is 4.88 Å². The summed E-state index contributed by atoms with van der Waals surface area (Å²) in [4.78, 5) is 27.4. The number of para-hydroxylation sites is 2. The van der Waals surface area contributed by atoms with Gasteiger partial charge >= 0.3 is 0 Å². The van der Waals surface area contributed by atoms with Crippen molar-refractivity contribution in [2.75, 3.05) is 34.4 Å². The first-order valence-electron chi connectivity index (χ1n) is 8.61. The van der Waals surface area contributed by atoms with Crippen LogP contribution in [0, 0.1) is 0 Å². The van der Waals surface area contributed by atoms with E-state index in [1.165, 1.54) is 32.9 Å². The summed E-state index contributed by atoms with van der Waals surface area (Å²) in [6, 6.07) is 11.5. The molecule has 7 nitrogen and oxygen atoms in total. The summed E-state index contributed by atoms with van der Waals surface area (Å²) in [7, 11) is 0. The molecule has 28 heavy (non-hydrogen) atoms. The fraction of sp³-hybridized carbons (Fsp3) is 0.222. The van der Waals surface area contributed by atoms with Gasteiger partial charge in [-0.1, -0.05) is 41.3 Å². The summed E-state index contributed by atoms with van der Waals surface area (Å²) in [5.74, 6) is -0.120. The third-order valence-corrected chi connectivity index (χ3v) is 6.96. The minimum atomic E-state index is -0.190. The molecule has 1 aliphatic rings. The van der Waals surface area contributed by atoms with Crippen molar-refractivity contribution in [1.82, 2.24) is 10.2 Å². The van der Waals surface area contributed by atoms with E-state index in [0.29, 0.717) is 5.69 Å². The van der Waals surface area contributed by atoms with Crippen molar-refractivity contribution in [3.8, 4) is 0 Å². The highest BCUT2D eigenvalue weighted by atomic mass is 32.2. The van der Waals surface area contributed by atoms with Gasteiger partial charge in [-0.3, -0.25) is 9.59 Å². The number of hydrogen-bond donors (Lipinski definition) is 2. The average molecular weight is 432 g/mol. The van der Waals surface area contributed by atoms with Crippen LogP contribution < -0.4 is 15.5 Å². The molecule has 1 aromatic carbocycles. The molecule has 0 radical (unpaired) electrons. The smallest absolute Gasteiger partial charge is 0.244 e. The Balaban J connectivity index is 1.30. The first kappa shape index (κ1) is 18.9. The number of carbonyl (C=O) groups excluding carboxylic acids is 2. The van der Waals surface area contributed by atoms with Gasteiger partial charge in [-0.15, -0.1) is 21.5 Å². The third kappa shape index (κ3) is 4.51. The number of thioether (sulfide) groups is 1. The molecule has 4 rings (SSSR count). The number of hydrogen-bond acceptors (Lipinski definition) is 8. The van der Waals surface area contributed by atoms with Crippen LogP contribution in [0.25, 0.3) is 0 Å². The predicted molar refractivity (Wildman–Crippen MR) is 115 cm³/mol. The molecule has 0 saturated heterocycles. The van der Waals surface area contributed by atoms with E-state index in [4.69, 9.17) is 0 Å². The Morgan fingerprint density at radius 2 is 2.14 bits per heavy atom. The molecule has 2 amide bonds. The highest BCUT2D eigenvalue weighted by Gasteiger charge is 2.26. The highest BCUT2D eigenvalue weighted by Crippen LogP contribution is 2.31. The third-order valence-electron chi connectivity index (χ3n) is 4.03. The van der Waals surface area contributed by atoms with Crippen molar-refractivity contribution in [2.45, 2.75) is 10.8 Å². The van der Waals surface area contributed by atoms with Gasteiger partial charge in [0.05, 0.1) is 17.1 Å². The zero-order valence-electron chi connectivity index (χ0n) is 14.8. The Morgan fingerprint density at radius 3 is 3.00 bits per heavy atom. The first-order chi connectivity index (χ1) is 13.7. The second kappa shape index (κ2) is 8.72. The molecule has 0 unspecified atom stereocenters. The number of carbonyl (C=O) groups is 2. The molecule has 3 heterocycles. The van der Waals surface area contributed by atoms with Crippen LogP contribution >= 0.6 is 34.4 Å². The lowest BCUT2D eigenvalue weighted by molar-refractivity contribution is -0.120. The summed E-state index contributed by atoms with van der Waals surface area (Å²) in [6.45, 7) is 0.820. The first-order valence-corrected chi connectivity index (χ1v) is 11.3. The Labute approximate surface area is 174 Å². The van der Waals surface area contributed by atoms with Gasteiger partial charge in [-0.25, -0.2) is 0 Å². The van der Waals surface area contributed by atoms with Crippen LogP contribution in [0.4, 0.5) is 16.5 Å². The van der Waals surface area contributed by atoms with Crippen molar-refractivity contribution >= 4 is 62.8 Å². The van der Waals surface area contributed by atoms with Gasteiger partial charge in [0.1, 0.15) is 6.54 Å². The van der Waals surface area contributed by atoms with Crippen molar-refractivity contribution in [3.05, 3.63) is 46.7 Å². The zero-order chi connectivity index (χ0) is 19.3. The van der Waals surface area contributed by atoms with Gasteiger partial charge in [0, 0.05) is 11.4 Å². The molecule has 10 heteroatoms. The van der Waals surface area contributed by atoms with Gasteiger partial charge < -0.3 is 15.5 Å². The van der Waals surface area contributed by atoms with E-state index in [1.807, 2.05) is 24.3 Å². The number of nitrogens with one attached hydrogen (secondary N) is 2. The van der Waals surface area contributed by atoms with Gasteiger partial charge in [-0.05, 0) is 30.0 Å². The molecule has 0 bridgehead atoms. The Kier molecular flexibility index (Phi) is 5.89. The molecule has 0 spiro atoms. The van der Waals surface area contributed by atoms with Crippen LogP contribution in [-0.2, 0) is 16.0 Å². The van der Waals surface area contributed by atoms with Crippen LogP contribution in [0.5, 0.6) is 0 Å². The molecule has 0 atom stereocenters. The molecular weight excluding hydrogens is 414 g/mol. The lowest BCUT2D eigenvalue weighted by Crippen LogP contribution is -2.43. The second-order valence-electron chi connectivity index (χ2n) is 5.96. The van der Waals surface area contributed by atoms with E-state index in [9.17, 15) is 9.59 Å². The van der Waals surface area contributed by atoms with E-state index >= 15 is 0 Å². The monoisotopic (exact) mass is 431 g/mol. The summed E-state index contributed by atoms with van der Waals surface area (Å²) in [5, 5.41) is 17.1. The molecule has 0 fully saturated rings. The lowest BCUT2D eigenvalue weighted by atomic mass is 10.2. The Bertz CT molecular complexity index is 973. The van der Waals surface area contributed by atoms with E-state index in [2.05, 4.69) is 32.3 Å². The zero-order valence-corrected chi connectivity index (χ0v) is 17.2. The van der Waals surface area contributed by atoms with Gasteiger partial charge in [0.15, 0.2) is 4.34 Å². The van der Waals surface area contributed by atoms with E-state index in [1.54, 1.807) is 17.4 Å². The minimum absolute atomic E-state index is 0.0298. The number of nitrogens with zero attached hydrogens (tertiary/aromatic N) is 3. The molecule has 1 aliphatic heterocycles. The largest absolute Gasteiger partial charge is 0.360 e. The van der Waals surface area contributed by atoms with E-state index in [0.717, 1.165) is 28.1 Å². The number of anilines is 3. The Hall–Kier alpha value is -2.43. The average Bonchev–Trinajstić information content (AvgIpc) is 3.37. The quantitative estimate of drug-likeness (QED) is 0.558. The van der Waals surface area contributed by atoms with Crippen molar-refractivity contribution in [2.24, 2.45) is 0 Å². The van der Waals surface area contributed by atoms with Crippen LogP contribution in [0.15, 0.2) is 46.1 Å². The molecule has 0 saturated carbocycles. The van der Waals surface area contributed by atoms with Gasteiger partial charge in [0.2, 0.25) is 16.9 Å². The summed E-state index contributed by atoms with van der Waals surface area (Å²) in [6.07, 6.45) is 0.939. The summed E-state index contributed by atoms with van der Waals surface area (Å²) >= 11 is 4.50. The fourth-order valence-corrected chi connectivity index (χ4v) is 5.11. The number of fused-ring (bicyclic) bond motifs is 1. The van der Waals surface area contributed by atoms with Gasteiger partial charge in [-0.2, -0.15) is 0 Å². The molecule has 3 aromatic rings. The number of amides is 2. The van der Waals surface area contributed by atoms with Crippen molar-refractivity contribution in [1.29, 1.82) is 0 Å². The predicted octanol–water partition coefficient (Wildman–Crippen LogP) is 3.33. The van der Waals surface area contributed by atoms with Crippen LogP contribution in [0.3, 0.4) is 0 Å². The molecular formula is C18H17N5O2S3. The SMILES string of the molecule is O=C1CN(C(=O)CSc2nnc(NCCc3cccs3)s2)c2ccccc2N1. The number of rotatable bonds is 7. The molecule has 144 valence electrons. The number of aromatic nitrogens is 2. The standard InChI is InChI=1S/C18H17N5O2S3/c24-15-10-23(14-6-2-1-5-13(14)20-15)16(25)11-27-18-22-21-17(28-18)19-8-7-12-4-3-9-26-12/h1-6,9H,7-8,10-11H2,(H,19,21)(H,20,24). The maximum atomic E-state index is 12.7. The lowest BCUT2D eigenvalue weighted by Gasteiger charge is -2.28. The van der Waals surface area contributed by atoms with E-state index < -0.39 is 0 Å². The van der Waals surface area contributed by atoms with Gasteiger partial charge in [0.25, 0.3) is 0 Å². The minimum Gasteiger partial charge on any atom is -0.360 e. The maximum Gasteiger partial charge on any atom is 0.244 e. The number of thiophene rings is 1. The van der Waals surface area contributed by atoms with Crippen LogP contribution in [0.2, 0.25) is 0 Å². The summed E-state index contributed by atoms with van der Waals surface area (Å²) in [5.41, 5.74) is 1.38. The van der Waals surface area contributed by atoms with Crippen LogP contribution in [-0.4, -0.2) is 40.9 Å². The van der Waals surface area contributed by atoms with E-state index in [-0.39, 0.29) is 24.1 Å². The maximum absolute atomic E-state index is 12.7. The number of benzene rings is 1. The topological polar surface area (TPSA) is 87.2 Å². The second-order valence-corrected chi connectivity index (χ2v) is 9.20. The Morgan fingerprint density at radius 1 is 1.25 bits per heavy atom. The normalized spacial score (nSPS) is 13.1. The molecule has 2 N–H and O–H groups in total. The molecule has 2 aromatic heterocycles. The van der Waals surface area contributed by atoms with Crippen molar-refractivity contribution < 1.29 is 9.59 Å². The fourth-order valence-electron chi connectivity index (χ4n) is 2.74. The van der Waals surface area contributed by atoms with Crippen molar-refractivity contribution in [3.63, 3.8) is 0 Å². The molecule has 0 aliphatic carbocycles. The summed E-state index contributed by atoms with van der Waals surface area (Å²) < 4.78 is 0.724. The highest BCUT2D eigenvalue weighted by molar-refractivity contribution is 8.01.